The average Bonchev–Trinajstić information content (AvgIpc) is 2.76. The molecule has 6 heteroatoms. The van der Waals surface area contributed by atoms with E-state index in [4.69, 9.17) is 32.5 Å². The third-order valence-electron chi connectivity index (χ3n) is 2.88. The Morgan fingerprint density at radius 2 is 2.22 bits per heavy atom. The number of fused-ring (bicyclic) bond motifs is 1. The number of nitrogens with two attached hydrogens (primary N) is 1. The van der Waals surface area contributed by atoms with E-state index in [1.807, 2.05) is 30.1 Å². The van der Waals surface area contributed by atoms with Crippen LogP contribution in [0.5, 0.6) is 11.5 Å². The van der Waals surface area contributed by atoms with Crippen LogP contribution in [0.25, 0.3) is 0 Å². The maximum absolute atomic E-state index is 9.00. The number of hydrogen-bond acceptors (Lipinski definition) is 5. The van der Waals surface area contributed by atoms with Gasteiger partial charge in [0, 0.05) is 6.54 Å². The Labute approximate surface area is 111 Å². The Morgan fingerprint density at radius 3 is 2.89 bits per heavy atom. The summed E-state index contributed by atoms with van der Waals surface area (Å²) in [5.74, 6) is 1.43. The first kappa shape index (κ1) is 13.1. The van der Waals surface area contributed by atoms with E-state index in [0.717, 1.165) is 11.3 Å². The van der Waals surface area contributed by atoms with Crippen LogP contribution >= 0.6 is 12.2 Å². The molecule has 5 nitrogen and oxygen atoms in total. The zero-order chi connectivity index (χ0) is 13.1. The summed E-state index contributed by atoms with van der Waals surface area (Å²) in [7, 11) is 1.87. The van der Waals surface area contributed by atoms with Crippen molar-refractivity contribution in [2.75, 3.05) is 27.0 Å². The second-order valence-corrected chi connectivity index (χ2v) is 4.59. The molecule has 18 heavy (non-hydrogen) atoms. The van der Waals surface area contributed by atoms with E-state index in [1.165, 1.54) is 0 Å². The van der Waals surface area contributed by atoms with Crippen molar-refractivity contribution in [2.24, 2.45) is 5.73 Å². The number of likely N-dealkylation sites (N-methyl/N-ethyl adjacent to an activating group) is 1. The minimum atomic E-state index is -0.221. The fraction of sp³-hybridized carbons (Fsp3) is 0.417. The fourth-order valence-corrected chi connectivity index (χ4v) is 2.32. The van der Waals surface area contributed by atoms with Gasteiger partial charge >= 0.3 is 0 Å². The van der Waals surface area contributed by atoms with E-state index in [1.54, 1.807) is 0 Å². The predicted octanol–water partition coefficient (Wildman–Crippen LogP) is 0.667. The summed E-state index contributed by atoms with van der Waals surface area (Å²) in [6.07, 6.45) is 0. The first-order valence-corrected chi connectivity index (χ1v) is 6.04. The lowest BCUT2D eigenvalue weighted by Crippen LogP contribution is -2.35. The van der Waals surface area contributed by atoms with E-state index in [-0.39, 0.29) is 19.4 Å². The molecule has 0 spiro atoms. The molecule has 1 aliphatic heterocycles. The zero-order valence-corrected chi connectivity index (χ0v) is 10.9. The molecule has 0 bridgehead atoms. The van der Waals surface area contributed by atoms with Gasteiger partial charge in [-0.05, 0) is 24.7 Å². The quantitative estimate of drug-likeness (QED) is 0.765. The van der Waals surface area contributed by atoms with Gasteiger partial charge in [-0.2, -0.15) is 0 Å². The van der Waals surface area contributed by atoms with Gasteiger partial charge in [-0.25, -0.2) is 0 Å². The van der Waals surface area contributed by atoms with E-state index in [2.05, 4.69) is 0 Å². The van der Waals surface area contributed by atoms with Gasteiger partial charge in [-0.15, -0.1) is 0 Å². The first-order chi connectivity index (χ1) is 8.63. The van der Waals surface area contributed by atoms with Crippen molar-refractivity contribution < 1.29 is 14.6 Å². The van der Waals surface area contributed by atoms with Crippen molar-refractivity contribution in [1.82, 2.24) is 4.90 Å². The highest BCUT2D eigenvalue weighted by molar-refractivity contribution is 7.80. The van der Waals surface area contributed by atoms with Crippen molar-refractivity contribution >= 4 is 17.2 Å². The minimum absolute atomic E-state index is 0.0557. The number of ether oxygens (including phenoxy) is 2. The maximum Gasteiger partial charge on any atom is 0.231 e. The third-order valence-corrected chi connectivity index (χ3v) is 3.10. The molecule has 0 fully saturated rings. The third kappa shape index (κ3) is 2.55. The Hall–Kier alpha value is -1.37. The molecule has 0 aliphatic carbocycles. The van der Waals surface area contributed by atoms with Crippen LogP contribution in [0.15, 0.2) is 18.2 Å². The lowest BCUT2D eigenvalue weighted by Gasteiger charge is -2.26. The zero-order valence-electron chi connectivity index (χ0n) is 10.1. The first-order valence-electron chi connectivity index (χ1n) is 5.63. The van der Waals surface area contributed by atoms with Gasteiger partial charge in [-0.1, -0.05) is 18.3 Å². The summed E-state index contributed by atoms with van der Waals surface area (Å²) in [6.45, 7) is 0.791. The minimum Gasteiger partial charge on any atom is -0.454 e. The van der Waals surface area contributed by atoms with E-state index < -0.39 is 0 Å². The molecule has 98 valence electrons. The topological polar surface area (TPSA) is 68.0 Å². The largest absolute Gasteiger partial charge is 0.454 e. The molecule has 1 heterocycles. The normalized spacial score (nSPS) is 14.8. The molecular formula is C12H16N2O3S. The number of aliphatic hydroxyl groups excluding tert-OH is 1. The van der Waals surface area contributed by atoms with Gasteiger partial charge < -0.3 is 20.3 Å². The molecule has 1 atom stereocenters. The lowest BCUT2D eigenvalue weighted by molar-refractivity contribution is 0.174. The monoisotopic (exact) mass is 268 g/mol. The Kier molecular flexibility index (Phi) is 4.00. The number of benzene rings is 1. The second-order valence-electron chi connectivity index (χ2n) is 4.12. The van der Waals surface area contributed by atoms with Crippen LogP contribution < -0.4 is 15.2 Å². The van der Waals surface area contributed by atoms with E-state index >= 15 is 0 Å². The van der Waals surface area contributed by atoms with Gasteiger partial charge in [0.25, 0.3) is 0 Å². The highest BCUT2D eigenvalue weighted by Crippen LogP contribution is 2.35. The molecule has 0 saturated carbocycles. The van der Waals surface area contributed by atoms with Crippen molar-refractivity contribution in [3.8, 4) is 11.5 Å². The Bertz CT molecular complexity index is 453. The molecule has 0 radical (unpaired) electrons. The van der Waals surface area contributed by atoms with Crippen LogP contribution in [0.2, 0.25) is 0 Å². The van der Waals surface area contributed by atoms with Gasteiger partial charge in [0.2, 0.25) is 6.79 Å². The van der Waals surface area contributed by atoms with Crippen LogP contribution in [-0.4, -0.2) is 42.0 Å². The standard InChI is InChI=1S/C12H16N2O3S/c1-14(4-5-15)11(12(13)18)8-2-3-9-10(6-8)17-7-16-9/h2-3,6,11,15H,4-5,7H2,1H3,(H2,13,18). The highest BCUT2D eigenvalue weighted by atomic mass is 32.1. The summed E-state index contributed by atoms with van der Waals surface area (Å²) >= 11 is 5.10. The Balaban J connectivity index is 2.28. The Morgan fingerprint density at radius 1 is 1.50 bits per heavy atom. The lowest BCUT2D eigenvalue weighted by atomic mass is 10.0. The number of rotatable bonds is 5. The van der Waals surface area contributed by atoms with Crippen molar-refractivity contribution in [3.63, 3.8) is 0 Å². The molecule has 1 unspecified atom stereocenters. The molecule has 0 saturated heterocycles. The molecular weight excluding hydrogens is 252 g/mol. The molecule has 1 aromatic carbocycles. The average molecular weight is 268 g/mol. The summed E-state index contributed by atoms with van der Waals surface area (Å²) in [4.78, 5) is 2.27. The maximum atomic E-state index is 9.00. The van der Waals surface area contributed by atoms with Crippen molar-refractivity contribution in [2.45, 2.75) is 6.04 Å². The fourth-order valence-electron chi connectivity index (χ4n) is 2.01. The summed E-state index contributed by atoms with van der Waals surface area (Å²) in [5.41, 5.74) is 6.71. The summed E-state index contributed by atoms with van der Waals surface area (Å²) in [6, 6.07) is 5.41. The van der Waals surface area contributed by atoms with E-state index in [9.17, 15) is 0 Å². The summed E-state index contributed by atoms with van der Waals surface area (Å²) < 4.78 is 10.6. The van der Waals surface area contributed by atoms with Crippen molar-refractivity contribution in [1.29, 1.82) is 0 Å². The van der Waals surface area contributed by atoms with Gasteiger partial charge in [0.1, 0.15) is 0 Å². The predicted molar refractivity (Wildman–Crippen MR) is 71.8 cm³/mol. The van der Waals surface area contributed by atoms with Crippen LogP contribution in [0.4, 0.5) is 0 Å². The smallest absolute Gasteiger partial charge is 0.231 e. The number of aliphatic hydroxyl groups is 1. The molecule has 0 amide bonds. The van der Waals surface area contributed by atoms with Crippen LogP contribution in [0.3, 0.4) is 0 Å². The molecule has 3 N–H and O–H groups in total. The molecule has 0 aromatic heterocycles. The molecule has 2 rings (SSSR count). The molecule has 1 aromatic rings. The number of nitrogens with zero attached hydrogens (tertiary/aromatic N) is 1. The van der Waals surface area contributed by atoms with E-state index in [0.29, 0.717) is 17.3 Å². The number of hydrogen-bond donors (Lipinski definition) is 2. The summed E-state index contributed by atoms with van der Waals surface area (Å²) in [5, 5.41) is 9.00. The van der Waals surface area contributed by atoms with Crippen molar-refractivity contribution in [3.05, 3.63) is 23.8 Å². The van der Waals surface area contributed by atoms with Gasteiger partial charge in [0.05, 0.1) is 17.6 Å². The van der Waals surface area contributed by atoms with Gasteiger partial charge in [-0.3, -0.25) is 4.90 Å². The number of thiocarbonyl (C=S) groups is 1. The highest BCUT2D eigenvalue weighted by Gasteiger charge is 2.22. The van der Waals surface area contributed by atoms with Crippen LogP contribution in [-0.2, 0) is 0 Å². The van der Waals surface area contributed by atoms with Crippen LogP contribution in [0.1, 0.15) is 11.6 Å². The SMILES string of the molecule is CN(CCO)C(C(N)=S)c1ccc2c(c1)OCO2. The second kappa shape index (κ2) is 5.51. The molecule has 1 aliphatic rings. The van der Waals surface area contributed by atoms with Gasteiger partial charge in [0.15, 0.2) is 11.5 Å². The van der Waals surface area contributed by atoms with Crippen LogP contribution in [0, 0.1) is 0 Å².